The van der Waals surface area contributed by atoms with Crippen LogP contribution < -0.4 is 0 Å². The summed E-state index contributed by atoms with van der Waals surface area (Å²) in [6.45, 7) is 5.38. The van der Waals surface area contributed by atoms with Crippen LogP contribution in [0, 0.1) is 11.3 Å². The number of hydrogen-bond donors (Lipinski definition) is 0. The summed E-state index contributed by atoms with van der Waals surface area (Å²) in [4.78, 5) is 21.8. The largest absolute Gasteiger partial charge is 0.342 e. The van der Waals surface area contributed by atoms with Gasteiger partial charge in [0.25, 0.3) is 0 Å². The first kappa shape index (κ1) is 17.7. The minimum Gasteiger partial charge on any atom is -0.342 e. The molecule has 27 heavy (non-hydrogen) atoms. The second kappa shape index (κ2) is 7.23. The van der Waals surface area contributed by atoms with Gasteiger partial charge in [-0.15, -0.1) is 0 Å². The Hall–Kier alpha value is -1.36. The van der Waals surface area contributed by atoms with Crippen LogP contribution in [0.25, 0.3) is 0 Å². The van der Waals surface area contributed by atoms with Crippen molar-refractivity contribution in [2.45, 2.75) is 76.8 Å². The first-order chi connectivity index (χ1) is 13.2. The molecule has 1 aromatic heterocycles. The van der Waals surface area contributed by atoms with Gasteiger partial charge in [-0.1, -0.05) is 12.8 Å². The molecule has 2 aliphatic heterocycles. The minimum absolute atomic E-state index is 0.333. The van der Waals surface area contributed by atoms with Crippen LogP contribution in [0.15, 0.2) is 12.5 Å². The lowest BCUT2D eigenvalue weighted by atomic mass is 9.73. The summed E-state index contributed by atoms with van der Waals surface area (Å²) in [6, 6.07) is 0.669. The molecule has 4 aliphatic rings. The Morgan fingerprint density at radius 1 is 1.07 bits per heavy atom. The van der Waals surface area contributed by atoms with Crippen LogP contribution in [0.2, 0.25) is 0 Å². The fraction of sp³-hybridized carbons (Fsp3) is 0.818. The lowest BCUT2D eigenvalue weighted by Gasteiger charge is -2.48. The standard InChI is InChI=1S/C22H34N4O/c27-21-8-10-22(16-25(21)13-18-6-7-18)9-3-11-24(15-22)14-20-12-23-17-26(20)19-4-1-2-5-19/h12,17-19H,1-11,13-16H2/t22-/m1/s1. The first-order valence-electron chi connectivity index (χ1n) is 11.2. The maximum Gasteiger partial charge on any atom is 0.222 e. The van der Waals surface area contributed by atoms with Crippen molar-refractivity contribution < 1.29 is 4.79 Å². The Kier molecular flexibility index (Phi) is 4.75. The number of amides is 1. The molecule has 5 nitrogen and oxygen atoms in total. The highest BCUT2D eigenvalue weighted by Crippen LogP contribution is 2.41. The Morgan fingerprint density at radius 2 is 1.93 bits per heavy atom. The van der Waals surface area contributed by atoms with E-state index in [4.69, 9.17) is 0 Å². The predicted molar refractivity (Wildman–Crippen MR) is 105 cm³/mol. The van der Waals surface area contributed by atoms with E-state index in [2.05, 4.69) is 31.9 Å². The summed E-state index contributed by atoms with van der Waals surface area (Å²) in [5.41, 5.74) is 1.72. The van der Waals surface area contributed by atoms with E-state index >= 15 is 0 Å². The smallest absolute Gasteiger partial charge is 0.222 e. The molecule has 2 saturated carbocycles. The Balaban J connectivity index is 1.25. The maximum absolute atomic E-state index is 12.4. The zero-order valence-corrected chi connectivity index (χ0v) is 16.6. The van der Waals surface area contributed by atoms with E-state index < -0.39 is 0 Å². The van der Waals surface area contributed by atoms with Gasteiger partial charge in [0.05, 0.1) is 12.0 Å². The quantitative estimate of drug-likeness (QED) is 0.795. The number of likely N-dealkylation sites (tertiary alicyclic amines) is 2. The molecule has 0 radical (unpaired) electrons. The summed E-state index contributed by atoms with van der Waals surface area (Å²) in [6.07, 6.45) is 16.6. The van der Waals surface area contributed by atoms with Crippen LogP contribution in [0.4, 0.5) is 0 Å². The van der Waals surface area contributed by atoms with Gasteiger partial charge in [-0.3, -0.25) is 9.69 Å². The lowest BCUT2D eigenvalue weighted by Crippen LogP contribution is -2.54. The topological polar surface area (TPSA) is 41.4 Å². The SMILES string of the molecule is O=C1CC[C@@]2(CCCN(Cc3cncn3C3CCCC3)C2)CN1CC1CC1. The van der Waals surface area contributed by atoms with Gasteiger partial charge in [0.15, 0.2) is 0 Å². The van der Waals surface area contributed by atoms with E-state index in [1.165, 1.54) is 63.6 Å². The van der Waals surface area contributed by atoms with Crippen LogP contribution in [0.1, 0.15) is 75.9 Å². The van der Waals surface area contributed by atoms with Gasteiger partial charge < -0.3 is 9.47 Å². The number of nitrogens with zero attached hydrogens (tertiary/aromatic N) is 4. The van der Waals surface area contributed by atoms with Crippen LogP contribution >= 0.6 is 0 Å². The van der Waals surface area contributed by atoms with E-state index in [9.17, 15) is 4.79 Å². The van der Waals surface area contributed by atoms with Crippen molar-refractivity contribution in [1.29, 1.82) is 0 Å². The average molecular weight is 371 g/mol. The van der Waals surface area contributed by atoms with Gasteiger partial charge in [-0.05, 0) is 57.4 Å². The van der Waals surface area contributed by atoms with Gasteiger partial charge in [0.2, 0.25) is 5.91 Å². The fourth-order valence-corrected chi connectivity index (χ4v) is 5.85. The number of carbonyl (C=O) groups excluding carboxylic acids is 1. The van der Waals surface area contributed by atoms with Crippen molar-refractivity contribution in [2.75, 3.05) is 26.2 Å². The molecule has 0 bridgehead atoms. The van der Waals surface area contributed by atoms with Crippen LogP contribution in [0.5, 0.6) is 0 Å². The molecule has 5 heteroatoms. The highest BCUT2D eigenvalue weighted by atomic mass is 16.2. The van der Waals surface area contributed by atoms with E-state index in [-0.39, 0.29) is 0 Å². The number of hydrogen-bond acceptors (Lipinski definition) is 3. The van der Waals surface area contributed by atoms with E-state index in [0.29, 0.717) is 17.4 Å². The van der Waals surface area contributed by atoms with Crippen molar-refractivity contribution in [3.05, 3.63) is 18.2 Å². The molecule has 1 spiro atoms. The zero-order chi connectivity index (χ0) is 18.3. The first-order valence-corrected chi connectivity index (χ1v) is 11.2. The van der Waals surface area contributed by atoms with Gasteiger partial charge in [0.1, 0.15) is 0 Å². The van der Waals surface area contributed by atoms with Gasteiger partial charge in [0, 0.05) is 50.3 Å². The number of aromatic nitrogens is 2. The second-order valence-electron chi connectivity index (χ2n) is 9.76. The van der Waals surface area contributed by atoms with Crippen molar-refractivity contribution in [3.8, 4) is 0 Å². The number of rotatable bonds is 5. The molecule has 4 fully saturated rings. The van der Waals surface area contributed by atoms with E-state index in [1.807, 2.05) is 0 Å². The monoisotopic (exact) mass is 370 g/mol. The fourth-order valence-electron chi connectivity index (χ4n) is 5.85. The average Bonchev–Trinajstić information content (AvgIpc) is 3.12. The molecule has 2 saturated heterocycles. The van der Waals surface area contributed by atoms with Crippen molar-refractivity contribution in [1.82, 2.24) is 19.4 Å². The molecule has 1 atom stereocenters. The normalized spacial score (nSPS) is 30.5. The Bertz CT molecular complexity index is 676. The van der Waals surface area contributed by atoms with E-state index in [0.717, 1.165) is 44.9 Å². The lowest BCUT2D eigenvalue weighted by molar-refractivity contribution is -0.139. The Morgan fingerprint density at radius 3 is 2.74 bits per heavy atom. The Labute approximate surface area is 163 Å². The van der Waals surface area contributed by atoms with Crippen molar-refractivity contribution >= 4 is 5.91 Å². The molecule has 0 N–H and O–H groups in total. The van der Waals surface area contributed by atoms with Crippen LogP contribution in [-0.4, -0.2) is 51.4 Å². The predicted octanol–water partition coefficient (Wildman–Crippen LogP) is 3.61. The number of imidazole rings is 1. The minimum atomic E-state index is 0.333. The summed E-state index contributed by atoms with van der Waals surface area (Å²) in [7, 11) is 0. The molecule has 1 aromatic rings. The van der Waals surface area contributed by atoms with Crippen LogP contribution in [-0.2, 0) is 11.3 Å². The molecule has 1 amide bonds. The molecule has 148 valence electrons. The van der Waals surface area contributed by atoms with E-state index in [1.54, 1.807) is 0 Å². The van der Waals surface area contributed by atoms with Crippen molar-refractivity contribution in [3.63, 3.8) is 0 Å². The molecular weight excluding hydrogens is 336 g/mol. The molecule has 3 heterocycles. The highest BCUT2D eigenvalue weighted by Gasteiger charge is 2.42. The number of carbonyl (C=O) groups is 1. The third-order valence-electron chi connectivity index (χ3n) is 7.51. The third kappa shape index (κ3) is 3.80. The van der Waals surface area contributed by atoms with Crippen LogP contribution in [0.3, 0.4) is 0 Å². The zero-order valence-electron chi connectivity index (χ0n) is 16.6. The maximum atomic E-state index is 12.4. The highest BCUT2D eigenvalue weighted by molar-refractivity contribution is 5.77. The molecule has 2 aliphatic carbocycles. The summed E-state index contributed by atoms with van der Waals surface area (Å²) >= 11 is 0. The molecule has 5 rings (SSSR count). The summed E-state index contributed by atoms with van der Waals surface area (Å²) < 4.78 is 2.46. The molecule has 0 aromatic carbocycles. The van der Waals surface area contributed by atoms with Crippen molar-refractivity contribution in [2.24, 2.45) is 11.3 Å². The summed E-state index contributed by atoms with van der Waals surface area (Å²) in [5, 5.41) is 0. The molecule has 0 unspecified atom stereocenters. The third-order valence-corrected chi connectivity index (χ3v) is 7.51. The molecular formula is C22H34N4O. The van der Waals surface area contributed by atoms with Gasteiger partial charge in [-0.25, -0.2) is 4.98 Å². The number of piperidine rings is 2. The van der Waals surface area contributed by atoms with Gasteiger partial charge in [-0.2, -0.15) is 0 Å². The summed E-state index contributed by atoms with van der Waals surface area (Å²) in [5.74, 6) is 1.20. The van der Waals surface area contributed by atoms with Gasteiger partial charge >= 0.3 is 0 Å². The second-order valence-corrected chi connectivity index (χ2v) is 9.76.